The summed E-state index contributed by atoms with van der Waals surface area (Å²) in [5.41, 5.74) is 8.45. The first kappa shape index (κ1) is 14.4. The molecule has 1 saturated heterocycles. The summed E-state index contributed by atoms with van der Waals surface area (Å²) in [4.78, 5) is 9.32. The molecule has 4 heteroatoms. The van der Waals surface area contributed by atoms with Gasteiger partial charge in [-0.3, -0.25) is 9.88 Å². The van der Waals surface area contributed by atoms with Crippen LogP contribution in [0.3, 0.4) is 0 Å². The summed E-state index contributed by atoms with van der Waals surface area (Å²) in [7, 11) is 2.20. The summed E-state index contributed by atoms with van der Waals surface area (Å²) in [6.07, 6.45) is 3.05. The van der Waals surface area contributed by atoms with E-state index in [9.17, 15) is 0 Å². The number of hydrogen-bond acceptors (Lipinski definition) is 4. The molecule has 2 aromatic rings. The van der Waals surface area contributed by atoms with Gasteiger partial charge in [0.2, 0.25) is 0 Å². The van der Waals surface area contributed by atoms with Crippen LogP contribution < -0.4 is 5.73 Å². The molecule has 0 spiro atoms. The van der Waals surface area contributed by atoms with Crippen LogP contribution in [0.25, 0.3) is 10.9 Å². The van der Waals surface area contributed by atoms with Gasteiger partial charge in [-0.25, -0.2) is 0 Å². The van der Waals surface area contributed by atoms with Gasteiger partial charge in [-0.1, -0.05) is 12.1 Å². The molecule has 1 aliphatic rings. The Labute approximate surface area is 126 Å². The molecule has 1 aromatic carbocycles. The van der Waals surface area contributed by atoms with E-state index in [1.807, 2.05) is 12.3 Å². The molecule has 0 saturated carbocycles. The molecule has 112 valence electrons. The molecule has 1 aliphatic heterocycles. The number of fused-ring (bicyclic) bond motifs is 1. The smallest absolute Gasteiger partial charge is 0.0702 e. The SMILES string of the molecule is CN1CCCN(C(CN)c2ccc3ncccc3c2)CC1. The number of benzene rings is 1. The molecule has 2 N–H and O–H groups in total. The molecule has 1 atom stereocenters. The van der Waals surface area contributed by atoms with Crippen molar-refractivity contribution in [1.29, 1.82) is 0 Å². The topological polar surface area (TPSA) is 45.4 Å². The molecule has 3 rings (SSSR count). The van der Waals surface area contributed by atoms with Crippen LogP contribution in [0.1, 0.15) is 18.0 Å². The molecular formula is C17H24N4. The zero-order valence-corrected chi connectivity index (χ0v) is 12.7. The van der Waals surface area contributed by atoms with Crippen LogP contribution in [0.2, 0.25) is 0 Å². The standard InChI is InChI=1S/C17H24N4/c1-20-8-3-9-21(11-10-20)17(13-18)15-5-6-16-14(12-15)4-2-7-19-16/h2,4-7,12,17H,3,8-11,13,18H2,1H3. The third-order valence-electron chi connectivity index (χ3n) is 4.43. The number of nitrogens with two attached hydrogens (primary N) is 1. The van der Waals surface area contributed by atoms with E-state index in [1.54, 1.807) is 0 Å². The van der Waals surface area contributed by atoms with Crippen molar-refractivity contribution < 1.29 is 0 Å². The molecular weight excluding hydrogens is 260 g/mol. The molecule has 0 radical (unpaired) electrons. The largest absolute Gasteiger partial charge is 0.329 e. The van der Waals surface area contributed by atoms with E-state index in [0.29, 0.717) is 12.6 Å². The second kappa shape index (κ2) is 6.52. The molecule has 21 heavy (non-hydrogen) atoms. The van der Waals surface area contributed by atoms with Crippen LogP contribution in [0.4, 0.5) is 0 Å². The van der Waals surface area contributed by atoms with Gasteiger partial charge in [-0.15, -0.1) is 0 Å². The predicted molar refractivity (Wildman–Crippen MR) is 87.2 cm³/mol. The second-order valence-corrected chi connectivity index (χ2v) is 5.90. The normalized spacial score (nSPS) is 19.5. The van der Waals surface area contributed by atoms with Crippen LogP contribution in [0.15, 0.2) is 36.5 Å². The minimum absolute atomic E-state index is 0.307. The van der Waals surface area contributed by atoms with Crippen LogP contribution in [0.5, 0.6) is 0 Å². The summed E-state index contributed by atoms with van der Waals surface area (Å²) in [5, 5.41) is 1.19. The maximum Gasteiger partial charge on any atom is 0.0702 e. The van der Waals surface area contributed by atoms with E-state index in [-0.39, 0.29) is 0 Å². The number of pyridine rings is 1. The molecule has 0 amide bonds. The zero-order chi connectivity index (χ0) is 14.7. The quantitative estimate of drug-likeness (QED) is 0.934. The lowest BCUT2D eigenvalue weighted by Crippen LogP contribution is -2.36. The van der Waals surface area contributed by atoms with E-state index in [4.69, 9.17) is 5.73 Å². The van der Waals surface area contributed by atoms with Crippen molar-refractivity contribution in [2.24, 2.45) is 5.73 Å². The number of nitrogens with zero attached hydrogens (tertiary/aromatic N) is 3. The maximum absolute atomic E-state index is 6.09. The monoisotopic (exact) mass is 284 g/mol. The molecule has 1 unspecified atom stereocenters. The van der Waals surface area contributed by atoms with Gasteiger partial charge in [-0.2, -0.15) is 0 Å². The zero-order valence-electron chi connectivity index (χ0n) is 12.7. The highest BCUT2D eigenvalue weighted by atomic mass is 15.2. The van der Waals surface area contributed by atoms with Crippen LogP contribution in [-0.4, -0.2) is 54.6 Å². The third-order valence-corrected chi connectivity index (χ3v) is 4.43. The van der Waals surface area contributed by atoms with Gasteiger partial charge in [0.05, 0.1) is 5.52 Å². The average molecular weight is 284 g/mol. The van der Waals surface area contributed by atoms with Crippen LogP contribution in [0, 0.1) is 0 Å². The van der Waals surface area contributed by atoms with Gasteiger partial charge >= 0.3 is 0 Å². The molecule has 1 aromatic heterocycles. The van der Waals surface area contributed by atoms with Crippen LogP contribution >= 0.6 is 0 Å². The predicted octanol–water partition coefficient (Wildman–Crippen LogP) is 1.87. The Morgan fingerprint density at radius 1 is 1.19 bits per heavy atom. The minimum Gasteiger partial charge on any atom is -0.329 e. The number of likely N-dealkylation sites (N-methyl/N-ethyl adjacent to an activating group) is 1. The molecule has 1 fully saturated rings. The van der Waals surface area contributed by atoms with E-state index < -0.39 is 0 Å². The Balaban J connectivity index is 1.86. The van der Waals surface area contributed by atoms with Gasteiger partial charge in [0, 0.05) is 43.8 Å². The second-order valence-electron chi connectivity index (χ2n) is 5.90. The van der Waals surface area contributed by atoms with Gasteiger partial charge in [0.15, 0.2) is 0 Å². The van der Waals surface area contributed by atoms with E-state index in [0.717, 1.165) is 25.2 Å². The van der Waals surface area contributed by atoms with Crippen molar-refractivity contribution in [3.8, 4) is 0 Å². The maximum atomic E-state index is 6.09. The van der Waals surface area contributed by atoms with Gasteiger partial charge in [0.25, 0.3) is 0 Å². The summed E-state index contributed by atoms with van der Waals surface area (Å²) < 4.78 is 0. The highest BCUT2D eigenvalue weighted by Crippen LogP contribution is 2.24. The Bertz CT molecular complexity index is 598. The number of hydrogen-bond donors (Lipinski definition) is 1. The summed E-state index contributed by atoms with van der Waals surface area (Å²) >= 11 is 0. The fourth-order valence-corrected chi connectivity index (χ4v) is 3.18. The fraction of sp³-hybridized carbons (Fsp3) is 0.471. The Morgan fingerprint density at radius 3 is 2.95 bits per heavy atom. The Morgan fingerprint density at radius 2 is 2.10 bits per heavy atom. The van der Waals surface area contributed by atoms with Crippen molar-refractivity contribution in [3.05, 3.63) is 42.1 Å². The first-order chi connectivity index (χ1) is 10.3. The van der Waals surface area contributed by atoms with Crippen molar-refractivity contribution in [2.75, 3.05) is 39.8 Å². The molecule has 2 heterocycles. The first-order valence-electron chi connectivity index (χ1n) is 7.75. The first-order valence-corrected chi connectivity index (χ1v) is 7.75. The van der Waals surface area contributed by atoms with Gasteiger partial charge in [0.1, 0.15) is 0 Å². The summed E-state index contributed by atoms with van der Waals surface area (Å²) in [5.74, 6) is 0. The molecule has 0 aliphatic carbocycles. The third kappa shape index (κ3) is 3.23. The van der Waals surface area contributed by atoms with Crippen molar-refractivity contribution in [3.63, 3.8) is 0 Å². The number of rotatable bonds is 3. The highest BCUT2D eigenvalue weighted by molar-refractivity contribution is 5.79. The summed E-state index contributed by atoms with van der Waals surface area (Å²) in [6, 6.07) is 11.0. The van der Waals surface area contributed by atoms with Crippen molar-refractivity contribution >= 4 is 10.9 Å². The average Bonchev–Trinajstić information content (AvgIpc) is 2.73. The highest BCUT2D eigenvalue weighted by Gasteiger charge is 2.21. The van der Waals surface area contributed by atoms with E-state index in [1.165, 1.54) is 23.9 Å². The summed E-state index contributed by atoms with van der Waals surface area (Å²) in [6.45, 7) is 5.16. The fourth-order valence-electron chi connectivity index (χ4n) is 3.18. The van der Waals surface area contributed by atoms with Crippen LogP contribution in [-0.2, 0) is 0 Å². The minimum atomic E-state index is 0.307. The van der Waals surface area contributed by atoms with Gasteiger partial charge in [-0.05, 0) is 43.8 Å². The Kier molecular flexibility index (Phi) is 4.48. The molecule has 4 nitrogen and oxygen atoms in total. The van der Waals surface area contributed by atoms with Crippen molar-refractivity contribution in [1.82, 2.24) is 14.8 Å². The lowest BCUT2D eigenvalue weighted by atomic mass is 10.0. The lowest BCUT2D eigenvalue weighted by Gasteiger charge is -2.30. The van der Waals surface area contributed by atoms with Gasteiger partial charge < -0.3 is 10.6 Å². The van der Waals surface area contributed by atoms with E-state index in [2.05, 4.69) is 46.1 Å². The Hall–Kier alpha value is -1.49. The molecule has 0 bridgehead atoms. The number of aromatic nitrogens is 1. The lowest BCUT2D eigenvalue weighted by molar-refractivity contribution is 0.208. The van der Waals surface area contributed by atoms with Crippen molar-refractivity contribution in [2.45, 2.75) is 12.5 Å². The van der Waals surface area contributed by atoms with E-state index >= 15 is 0 Å².